The van der Waals surface area contributed by atoms with Gasteiger partial charge in [0.2, 0.25) is 0 Å². The van der Waals surface area contributed by atoms with Crippen molar-refractivity contribution in [3.63, 3.8) is 0 Å². The quantitative estimate of drug-likeness (QED) is 0.732. The maximum Gasteiger partial charge on any atom is 0.264 e. The number of nitrogens with zero attached hydrogens (tertiary/aromatic N) is 1. The second-order valence-corrected chi connectivity index (χ2v) is 7.88. The van der Waals surface area contributed by atoms with Gasteiger partial charge in [-0.05, 0) is 43.2 Å². The topological polar surface area (TPSA) is 74.8 Å². The molecule has 1 saturated carbocycles. The van der Waals surface area contributed by atoms with E-state index in [1.807, 2.05) is 6.07 Å². The van der Waals surface area contributed by atoms with Crippen LogP contribution in [0.4, 0.5) is 10.1 Å². The molecule has 0 aliphatic heterocycles. The molecule has 0 spiro atoms. The zero-order valence-corrected chi connectivity index (χ0v) is 14.0. The van der Waals surface area contributed by atoms with Gasteiger partial charge in [-0.25, -0.2) is 17.8 Å². The third-order valence-corrected chi connectivity index (χ3v) is 5.62. The summed E-state index contributed by atoms with van der Waals surface area (Å²) in [6.07, 6.45) is 3.59. The first-order valence-corrected chi connectivity index (χ1v) is 9.26. The molecule has 0 saturated heterocycles. The van der Waals surface area contributed by atoms with Crippen molar-refractivity contribution in [2.24, 2.45) is 0 Å². The van der Waals surface area contributed by atoms with Crippen LogP contribution in [0, 0.1) is 5.82 Å². The molecule has 1 fully saturated rings. The van der Waals surface area contributed by atoms with Crippen LogP contribution in [0.25, 0.3) is 11.0 Å². The van der Waals surface area contributed by atoms with Crippen molar-refractivity contribution in [2.75, 3.05) is 4.72 Å². The molecular formula is C16H13ClFN3O2S. The van der Waals surface area contributed by atoms with Crippen LogP contribution in [-0.2, 0) is 10.0 Å². The summed E-state index contributed by atoms with van der Waals surface area (Å²) in [5.41, 5.74) is 1.32. The Morgan fingerprint density at radius 3 is 2.75 bits per heavy atom. The van der Waals surface area contributed by atoms with E-state index in [0.29, 0.717) is 17.0 Å². The lowest BCUT2D eigenvalue weighted by Gasteiger charge is -2.08. The number of hydrogen-bond donors (Lipinski definition) is 2. The SMILES string of the molecule is O=S(=O)(Nc1ccc(Cl)cc1F)c1c[nH]c2nc(C3CC3)ccc12. The van der Waals surface area contributed by atoms with Crippen LogP contribution in [0.3, 0.4) is 0 Å². The van der Waals surface area contributed by atoms with Gasteiger partial charge in [-0.3, -0.25) is 4.72 Å². The number of rotatable bonds is 4. The molecule has 2 heterocycles. The fraction of sp³-hybridized carbons (Fsp3) is 0.188. The molecule has 8 heteroatoms. The number of aromatic nitrogens is 2. The van der Waals surface area contributed by atoms with Crippen molar-refractivity contribution in [1.82, 2.24) is 9.97 Å². The Kier molecular flexibility index (Phi) is 3.51. The summed E-state index contributed by atoms with van der Waals surface area (Å²) in [6, 6.07) is 7.34. The molecule has 5 nitrogen and oxygen atoms in total. The lowest BCUT2D eigenvalue weighted by molar-refractivity contribution is 0.599. The van der Waals surface area contributed by atoms with Gasteiger partial charge in [0.15, 0.2) is 0 Å². The normalized spacial score (nSPS) is 14.9. The highest BCUT2D eigenvalue weighted by Crippen LogP contribution is 2.39. The van der Waals surface area contributed by atoms with Gasteiger partial charge in [-0.15, -0.1) is 0 Å². The molecule has 2 aromatic heterocycles. The first kappa shape index (κ1) is 15.4. The summed E-state index contributed by atoms with van der Waals surface area (Å²) < 4.78 is 41.3. The highest BCUT2D eigenvalue weighted by Gasteiger charge is 2.26. The summed E-state index contributed by atoms with van der Waals surface area (Å²) in [5.74, 6) is -0.265. The van der Waals surface area contributed by atoms with E-state index in [1.165, 1.54) is 18.3 Å². The number of benzene rings is 1. The summed E-state index contributed by atoms with van der Waals surface area (Å²) >= 11 is 5.68. The summed E-state index contributed by atoms with van der Waals surface area (Å²) in [6.45, 7) is 0. The molecule has 3 aromatic rings. The van der Waals surface area contributed by atoms with Crippen molar-refractivity contribution in [3.05, 3.63) is 53.1 Å². The monoisotopic (exact) mass is 365 g/mol. The fourth-order valence-electron chi connectivity index (χ4n) is 2.60. The number of sulfonamides is 1. The number of anilines is 1. The summed E-state index contributed by atoms with van der Waals surface area (Å²) in [4.78, 5) is 7.38. The Labute approximate surface area is 142 Å². The lowest BCUT2D eigenvalue weighted by Crippen LogP contribution is -2.13. The van der Waals surface area contributed by atoms with E-state index in [4.69, 9.17) is 11.6 Å². The van der Waals surface area contributed by atoms with Crippen molar-refractivity contribution in [2.45, 2.75) is 23.7 Å². The Bertz CT molecular complexity index is 1040. The number of aromatic amines is 1. The summed E-state index contributed by atoms with van der Waals surface area (Å²) in [5, 5.41) is 0.667. The van der Waals surface area contributed by atoms with E-state index < -0.39 is 15.8 Å². The van der Waals surface area contributed by atoms with E-state index in [-0.39, 0.29) is 15.6 Å². The minimum absolute atomic E-state index is 0.0293. The smallest absolute Gasteiger partial charge is 0.264 e. The molecule has 0 bridgehead atoms. The number of pyridine rings is 1. The van der Waals surface area contributed by atoms with E-state index in [1.54, 1.807) is 6.07 Å². The maximum absolute atomic E-state index is 13.9. The van der Waals surface area contributed by atoms with Crippen LogP contribution < -0.4 is 4.72 Å². The second-order valence-electron chi connectivity index (χ2n) is 5.79. The minimum atomic E-state index is -3.95. The Balaban J connectivity index is 1.72. The number of nitrogens with one attached hydrogen (secondary N) is 2. The van der Waals surface area contributed by atoms with Gasteiger partial charge in [-0.2, -0.15) is 0 Å². The van der Waals surface area contributed by atoms with Crippen LogP contribution in [0.1, 0.15) is 24.5 Å². The molecule has 1 aliphatic rings. The number of hydrogen-bond acceptors (Lipinski definition) is 3. The molecule has 1 aromatic carbocycles. The molecule has 0 unspecified atom stereocenters. The van der Waals surface area contributed by atoms with E-state index in [0.717, 1.165) is 24.6 Å². The van der Waals surface area contributed by atoms with Crippen molar-refractivity contribution in [1.29, 1.82) is 0 Å². The Hall–Kier alpha value is -2.12. The Morgan fingerprint density at radius 2 is 2.04 bits per heavy atom. The van der Waals surface area contributed by atoms with E-state index in [2.05, 4.69) is 14.7 Å². The van der Waals surface area contributed by atoms with Crippen molar-refractivity contribution >= 4 is 38.3 Å². The van der Waals surface area contributed by atoms with Crippen molar-refractivity contribution in [3.8, 4) is 0 Å². The largest absolute Gasteiger partial charge is 0.345 e. The van der Waals surface area contributed by atoms with Crippen LogP contribution in [0.15, 0.2) is 41.4 Å². The lowest BCUT2D eigenvalue weighted by atomic mass is 10.2. The van der Waals surface area contributed by atoms with Gasteiger partial charge in [0, 0.05) is 28.2 Å². The predicted molar refractivity (Wildman–Crippen MR) is 90.3 cm³/mol. The molecule has 4 rings (SSSR count). The molecular weight excluding hydrogens is 353 g/mol. The van der Waals surface area contributed by atoms with Gasteiger partial charge < -0.3 is 4.98 Å². The van der Waals surface area contributed by atoms with Crippen LogP contribution in [-0.4, -0.2) is 18.4 Å². The standard InChI is InChI=1S/C16H13ClFN3O2S/c17-10-3-5-14(12(18)7-10)21-24(22,23)15-8-19-16-11(15)4-6-13(20-16)9-1-2-9/h3-9,21H,1-2H2,(H,19,20). The maximum atomic E-state index is 13.9. The average molecular weight is 366 g/mol. The van der Waals surface area contributed by atoms with E-state index >= 15 is 0 Å². The van der Waals surface area contributed by atoms with Gasteiger partial charge in [0.25, 0.3) is 10.0 Å². The van der Waals surface area contributed by atoms with E-state index in [9.17, 15) is 12.8 Å². The Morgan fingerprint density at radius 1 is 1.25 bits per heavy atom. The molecule has 24 heavy (non-hydrogen) atoms. The van der Waals surface area contributed by atoms with Crippen LogP contribution in [0.5, 0.6) is 0 Å². The first-order chi connectivity index (χ1) is 11.4. The molecule has 0 amide bonds. The fourth-order valence-corrected chi connectivity index (χ4v) is 3.99. The summed E-state index contributed by atoms with van der Waals surface area (Å²) in [7, 11) is -3.95. The minimum Gasteiger partial charge on any atom is -0.345 e. The highest BCUT2D eigenvalue weighted by molar-refractivity contribution is 7.93. The van der Waals surface area contributed by atoms with Gasteiger partial charge in [-0.1, -0.05) is 11.6 Å². The zero-order valence-electron chi connectivity index (χ0n) is 12.4. The molecule has 0 atom stereocenters. The molecule has 1 aliphatic carbocycles. The average Bonchev–Trinajstić information content (AvgIpc) is 3.28. The van der Waals surface area contributed by atoms with Gasteiger partial charge in [0.05, 0.1) is 5.69 Å². The number of fused-ring (bicyclic) bond motifs is 1. The third-order valence-electron chi connectivity index (χ3n) is 3.98. The highest BCUT2D eigenvalue weighted by atomic mass is 35.5. The molecule has 2 N–H and O–H groups in total. The molecule has 124 valence electrons. The zero-order chi connectivity index (χ0) is 16.9. The van der Waals surface area contributed by atoms with Crippen molar-refractivity contribution < 1.29 is 12.8 Å². The number of halogens is 2. The first-order valence-electron chi connectivity index (χ1n) is 7.40. The molecule has 0 radical (unpaired) electrons. The second kappa shape index (κ2) is 5.46. The van der Waals surface area contributed by atoms with Gasteiger partial charge in [0.1, 0.15) is 16.4 Å². The van der Waals surface area contributed by atoms with Crippen LogP contribution in [0.2, 0.25) is 5.02 Å². The van der Waals surface area contributed by atoms with Gasteiger partial charge >= 0.3 is 0 Å². The number of H-pyrrole nitrogens is 1. The van der Waals surface area contributed by atoms with Crippen LogP contribution >= 0.6 is 11.6 Å². The third kappa shape index (κ3) is 2.74. The predicted octanol–water partition coefficient (Wildman–Crippen LogP) is 4.03.